The second-order valence-corrected chi connectivity index (χ2v) is 3.94. The first kappa shape index (κ1) is 12.9. The van der Waals surface area contributed by atoms with Crippen LogP contribution in [-0.4, -0.2) is 14.2 Å². The molecule has 2 aromatic rings. The molecular weight excluding hydrogens is 245 g/mol. The van der Waals surface area contributed by atoms with Crippen molar-refractivity contribution in [3.63, 3.8) is 0 Å². The van der Waals surface area contributed by atoms with Crippen molar-refractivity contribution < 1.29 is 13.9 Å². The molecule has 0 saturated heterocycles. The topological polar surface area (TPSA) is 42.2 Å². The molecule has 0 saturated carbocycles. The SMILES string of the molecule is COc1cc(OC)cc(-c2cc(F)cc(C#N)c2)c1. The van der Waals surface area contributed by atoms with Crippen molar-refractivity contribution in [1.82, 2.24) is 0 Å². The van der Waals surface area contributed by atoms with Crippen LogP contribution < -0.4 is 9.47 Å². The summed E-state index contributed by atoms with van der Waals surface area (Å²) in [5, 5.41) is 8.87. The quantitative estimate of drug-likeness (QED) is 0.846. The van der Waals surface area contributed by atoms with Gasteiger partial charge in [-0.1, -0.05) is 0 Å². The van der Waals surface area contributed by atoms with E-state index in [1.807, 2.05) is 6.07 Å². The fourth-order valence-electron chi connectivity index (χ4n) is 1.79. The van der Waals surface area contributed by atoms with E-state index in [4.69, 9.17) is 14.7 Å². The lowest BCUT2D eigenvalue weighted by Gasteiger charge is -2.09. The molecule has 19 heavy (non-hydrogen) atoms. The Balaban J connectivity index is 2.58. The molecule has 4 heteroatoms. The van der Waals surface area contributed by atoms with Crippen LogP contribution in [0.15, 0.2) is 36.4 Å². The van der Waals surface area contributed by atoms with Gasteiger partial charge in [-0.15, -0.1) is 0 Å². The van der Waals surface area contributed by atoms with Crippen molar-refractivity contribution in [2.24, 2.45) is 0 Å². The molecular formula is C15H12FNO2. The molecule has 0 bridgehead atoms. The number of halogens is 1. The molecule has 0 heterocycles. The number of hydrogen-bond acceptors (Lipinski definition) is 3. The maximum atomic E-state index is 13.5. The Hall–Kier alpha value is -2.54. The number of hydrogen-bond donors (Lipinski definition) is 0. The Morgan fingerprint density at radius 2 is 1.47 bits per heavy atom. The number of rotatable bonds is 3. The normalized spacial score (nSPS) is 9.79. The van der Waals surface area contributed by atoms with Gasteiger partial charge in [0.15, 0.2) is 0 Å². The van der Waals surface area contributed by atoms with E-state index in [0.717, 1.165) is 5.56 Å². The lowest BCUT2D eigenvalue weighted by molar-refractivity contribution is 0.394. The molecule has 0 aromatic heterocycles. The number of nitriles is 1. The Labute approximate surface area is 110 Å². The van der Waals surface area contributed by atoms with Gasteiger partial charge in [-0.2, -0.15) is 5.26 Å². The Bertz CT molecular complexity index is 625. The molecule has 96 valence electrons. The highest BCUT2D eigenvalue weighted by Gasteiger charge is 2.07. The largest absolute Gasteiger partial charge is 0.497 e. The number of benzene rings is 2. The highest BCUT2D eigenvalue weighted by Crippen LogP contribution is 2.30. The molecule has 0 N–H and O–H groups in total. The summed E-state index contributed by atoms with van der Waals surface area (Å²) in [4.78, 5) is 0. The van der Waals surface area contributed by atoms with Crippen LogP contribution in [0.1, 0.15) is 5.56 Å². The zero-order valence-electron chi connectivity index (χ0n) is 10.6. The monoisotopic (exact) mass is 257 g/mol. The lowest BCUT2D eigenvalue weighted by Crippen LogP contribution is -1.90. The van der Waals surface area contributed by atoms with Gasteiger partial charge in [0.25, 0.3) is 0 Å². The van der Waals surface area contributed by atoms with Crippen molar-refractivity contribution in [3.05, 3.63) is 47.8 Å². The average Bonchev–Trinajstić information content (AvgIpc) is 2.45. The number of methoxy groups -OCH3 is 2. The fourth-order valence-corrected chi connectivity index (χ4v) is 1.79. The van der Waals surface area contributed by atoms with Gasteiger partial charge in [-0.3, -0.25) is 0 Å². The van der Waals surface area contributed by atoms with Crippen molar-refractivity contribution in [3.8, 4) is 28.7 Å². The standard InChI is InChI=1S/C15H12FNO2/c1-18-14-6-12(7-15(8-14)19-2)11-3-10(9-17)4-13(16)5-11/h3-8H,1-2H3. The first-order valence-corrected chi connectivity index (χ1v) is 5.60. The predicted octanol–water partition coefficient (Wildman–Crippen LogP) is 3.38. The van der Waals surface area contributed by atoms with Crippen LogP contribution in [0.4, 0.5) is 4.39 Å². The van der Waals surface area contributed by atoms with Gasteiger partial charge in [0.05, 0.1) is 25.9 Å². The Morgan fingerprint density at radius 1 is 0.895 bits per heavy atom. The van der Waals surface area contributed by atoms with Crippen LogP contribution in [0.3, 0.4) is 0 Å². The van der Waals surface area contributed by atoms with Crippen LogP contribution in [-0.2, 0) is 0 Å². The van der Waals surface area contributed by atoms with Crippen molar-refractivity contribution in [2.45, 2.75) is 0 Å². The third kappa shape index (κ3) is 2.83. The smallest absolute Gasteiger partial charge is 0.125 e. The molecule has 0 unspecified atom stereocenters. The Morgan fingerprint density at radius 3 is 2.00 bits per heavy atom. The van der Waals surface area contributed by atoms with Crippen LogP contribution in [0.2, 0.25) is 0 Å². The molecule has 0 aliphatic carbocycles. The maximum absolute atomic E-state index is 13.5. The third-order valence-electron chi connectivity index (χ3n) is 2.71. The molecule has 0 radical (unpaired) electrons. The van der Waals surface area contributed by atoms with Crippen LogP contribution in [0.25, 0.3) is 11.1 Å². The molecule has 2 aromatic carbocycles. The Kier molecular flexibility index (Phi) is 3.67. The summed E-state index contributed by atoms with van der Waals surface area (Å²) in [6, 6.07) is 11.4. The highest BCUT2D eigenvalue weighted by atomic mass is 19.1. The van der Waals surface area contributed by atoms with Gasteiger partial charge < -0.3 is 9.47 Å². The van der Waals surface area contributed by atoms with Gasteiger partial charge in [-0.05, 0) is 41.5 Å². The van der Waals surface area contributed by atoms with Gasteiger partial charge in [-0.25, -0.2) is 4.39 Å². The fraction of sp³-hybridized carbons (Fsp3) is 0.133. The van der Waals surface area contributed by atoms with E-state index in [9.17, 15) is 4.39 Å². The van der Waals surface area contributed by atoms with Gasteiger partial charge in [0.2, 0.25) is 0 Å². The molecule has 0 amide bonds. The van der Waals surface area contributed by atoms with E-state index in [-0.39, 0.29) is 5.56 Å². The molecule has 2 rings (SSSR count). The second-order valence-electron chi connectivity index (χ2n) is 3.94. The highest BCUT2D eigenvalue weighted by molar-refractivity contribution is 5.68. The number of ether oxygens (including phenoxy) is 2. The summed E-state index contributed by atoms with van der Waals surface area (Å²) in [6.45, 7) is 0. The van der Waals surface area contributed by atoms with E-state index in [2.05, 4.69) is 0 Å². The average molecular weight is 257 g/mol. The second kappa shape index (κ2) is 5.40. The minimum atomic E-state index is -0.448. The minimum absolute atomic E-state index is 0.275. The summed E-state index contributed by atoms with van der Waals surface area (Å²) in [5.41, 5.74) is 1.61. The molecule has 0 atom stereocenters. The number of nitrogens with zero attached hydrogens (tertiary/aromatic N) is 1. The van der Waals surface area contributed by atoms with E-state index in [1.54, 1.807) is 38.5 Å². The summed E-state index contributed by atoms with van der Waals surface area (Å²) < 4.78 is 23.8. The zero-order valence-corrected chi connectivity index (χ0v) is 10.6. The van der Waals surface area contributed by atoms with Crippen LogP contribution >= 0.6 is 0 Å². The van der Waals surface area contributed by atoms with E-state index in [0.29, 0.717) is 17.1 Å². The summed E-state index contributed by atoms with van der Waals surface area (Å²) in [6.07, 6.45) is 0. The summed E-state index contributed by atoms with van der Waals surface area (Å²) >= 11 is 0. The van der Waals surface area contributed by atoms with Gasteiger partial charge in [0, 0.05) is 6.07 Å². The summed E-state index contributed by atoms with van der Waals surface area (Å²) in [5.74, 6) is 0.769. The first-order valence-electron chi connectivity index (χ1n) is 5.60. The molecule has 0 spiro atoms. The van der Waals surface area contributed by atoms with Crippen LogP contribution in [0.5, 0.6) is 11.5 Å². The molecule has 3 nitrogen and oxygen atoms in total. The minimum Gasteiger partial charge on any atom is -0.497 e. The predicted molar refractivity (Wildman–Crippen MR) is 69.7 cm³/mol. The van der Waals surface area contributed by atoms with Gasteiger partial charge in [0.1, 0.15) is 17.3 Å². The maximum Gasteiger partial charge on any atom is 0.125 e. The van der Waals surface area contributed by atoms with Gasteiger partial charge >= 0.3 is 0 Å². The van der Waals surface area contributed by atoms with Crippen molar-refractivity contribution in [2.75, 3.05) is 14.2 Å². The summed E-state index contributed by atoms with van der Waals surface area (Å²) in [7, 11) is 3.09. The van der Waals surface area contributed by atoms with E-state index >= 15 is 0 Å². The first-order chi connectivity index (χ1) is 9.16. The van der Waals surface area contributed by atoms with E-state index in [1.165, 1.54) is 12.1 Å². The van der Waals surface area contributed by atoms with E-state index < -0.39 is 5.82 Å². The third-order valence-corrected chi connectivity index (χ3v) is 2.71. The molecule has 0 aliphatic rings. The van der Waals surface area contributed by atoms with Crippen molar-refractivity contribution >= 4 is 0 Å². The molecule has 0 aliphatic heterocycles. The molecule has 0 fully saturated rings. The lowest BCUT2D eigenvalue weighted by atomic mass is 10.0. The van der Waals surface area contributed by atoms with Crippen LogP contribution in [0, 0.1) is 17.1 Å². The zero-order chi connectivity index (χ0) is 13.8. The van der Waals surface area contributed by atoms with Crippen molar-refractivity contribution in [1.29, 1.82) is 5.26 Å².